The van der Waals surface area contributed by atoms with Crippen molar-refractivity contribution in [1.82, 2.24) is 14.9 Å². The number of carbonyl (C=O) groups is 1. The number of carboxylic acid groups (broad SMARTS) is 1. The SMILES string of the molecule is CC(CN(C)C(C)c1cnccn1)C(=O)O. The summed E-state index contributed by atoms with van der Waals surface area (Å²) < 4.78 is 0. The predicted octanol–water partition coefficient (Wildman–Crippen LogP) is 1.19. The minimum Gasteiger partial charge on any atom is -0.481 e. The fourth-order valence-corrected chi connectivity index (χ4v) is 1.42. The zero-order chi connectivity index (χ0) is 12.1. The summed E-state index contributed by atoms with van der Waals surface area (Å²) in [4.78, 5) is 20.9. The third-order valence-corrected chi connectivity index (χ3v) is 2.66. The van der Waals surface area contributed by atoms with Crippen LogP contribution in [0.4, 0.5) is 0 Å². The van der Waals surface area contributed by atoms with Gasteiger partial charge in [0, 0.05) is 25.1 Å². The van der Waals surface area contributed by atoms with Crippen molar-refractivity contribution < 1.29 is 9.90 Å². The fourth-order valence-electron chi connectivity index (χ4n) is 1.42. The Labute approximate surface area is 95.1 Å². The van der Waals surface area contributed by atoms with Crippen molar-refractivity contribution in [2.24, 2.45) is 5.92 Å². The highest BCUT2D eigenvalue weighted by atomic mass is 16.4. The van der Waals surface area contributed by atoms with Gasteiger partial charge in [0.15, 0.2) is 0 Å². The Balaban J connectivity index is 2.61. The Morgan fingerprint density at radius 3 is 2.69 bits per heavy atom. The Bertz CT molecular complexity index is 342. The molecule has 0 aliphatic heterocycles. The molecule has 16 heavy (non-hydrogen) atoms. The number of hydrogen-bond acceptors (Lipinski definition) is 4. The first-order valence-electron chi connectivity index (χ1n) is 5.21. The molecule has 0 bridgehead atoms. The van der Waals surface area contributed by atoms with Crippen LogP contribution in [0.2, 0.25) is 0 Å². The van der Waals surface area contributed by atoms with E-state index in [0.29, 0.717) is 6.54 Å². The smallest absolute Gasteiger partial charge is 0.307 e. The third kappa shape index (κ3) is 3.27. The zero-order valence-corrected chi connectivity index (χ0v) is 9.79. The fraction of sp³-hybridized carbons (Fsp3) is 0.545. The molecule has 5 nitrogen and oxygen atoms in total. The summed E-state index contributed by atoms with van der Waals surface area (Å²) in [6.07, 6.45) is 4.96. The molecular weight excluding hydrogens is 206 g/mol. The summed E-state index contributed by atoms with van der Waals surface area (Å²) >= 11 is 0. The van der Waals surface area contributed by atoms with Crippen LogP contribution in [0, 0.1) is 5.92 Å². The standard InChI is InChI=1S/C11H17N3O2/c1-8(11(15)16)7-14(3)9(2)10-6-12-4-5-13-10/h4-6,8-9H,7H2,1-3H3,(H,15,16). The Kier molecular flexibility index (Phi) is 4.37. The van der Waals surface area contributed by atoms with Crippen LogP contribution in [-0.4, -0.2) is 39.5 Å². The van der Waals surface area contributed by atoms with Gasteiger partial charge in [-0.15, -0.1) is 0 Å². The van der Waals surface area contributed by atoms with Crippen molar-refractivity contribution in [3.8, 4) is 0 Å². The van der Waals surface area contributed by atoms with Crippen LogP contribution in [0.3, 0.4) is 0 Å². The number of hydrogen-bond donors (Lipinski definition) is 1. The molecule has 0 aromatic carbocycles. The lowest BCUT2D eigenvalue weighted by Crippen LogP contribution is -2.31. The van der Waals surface area contributed by atoms with Crippen molar-refractivity contribution in [3.05, 3.63) is 24.3 Å². The minimum atomic E-state index is -0.779. The van der Waals surface area contributed by atoms with Gasteiger partial charge in [0.25, 0.3) is 0 Å². The molecule has 1 heterocycles. The van der Waals surface area contributed by atoms with E-state index in [0.717, 1.165) is 5.69 Å². The van der Waals surface area contributed by atoms with Crippen LogP contribution in [0.25, 0.3) is 0 Å². The van der Waals surface area contributed by atoms with Crippen LogP contribution < -0.4 is 0 Å². The average molecular weight is 223 g/mol. The molecule has 0 saturated carbocycles. The lowest BCUT2D eigenvalue weighted by Gasteiger charge is -2.25. The molecule has 0 amide bonds. The number of aromatic nitrogens is 2. The van der Waals surface area contributed by atoms with E-state index in [4.69, 9.17) is 5.11 Å². The van der Waals surface area contributed by atoms with Crippen LogP contribution in [0.15, 0.2) is 18.6 Å². The van der Waals surface area contributed by atoms with E-state index in [1.807, 2.05) is 18.9 Å². The van der Waals surface area contributed by atoms with Crippen LogP contribution in [0.1, 0.15) is 25.6 Å². The lowest BCUT2D eigenvalue weighted by atomic mass is 10.1. The van der Waals surface area contributed by atoms with Crippen molar-refractivity contribution >= 4 is 5.97 Å². The van der Waals surface area contributed by atoms with Gasteiger partial charge in [-0.3, -0.25) is 19.7 Å². The van der Waals surface area contributed by atoms with E-state index < -0.39 is 5.97 Å². The highest BCUT2D eigenvalue weighted by molar-refractivity contribution is 5.69. The molecule has 2 atom stereocenters. The summed E-state index contributed by atoms with van der Waals surface area (Å²) in [6.45, 7) is 4.17. The topological polar surface area (TPSA) is 66.3 Å². The molecule has 88 valence electrons. The van der Waals surface area contributed by atoms with Gasteiger partial charge in [-0.05, 0) is 14.0 Å². The molecule has 0 aliphatic rings. The van der Waals surface area contributed by atoms with E-state index >= 15 is 0 Å². The van der Waals surface area contributed by atoms with Gasteiger partial charge >= 0.3 is 5.97 Å². The van der Waals surface area contributed by atoms with E-state index in [1.165, 1.54) is 0 Å². The summed E-state index contributed by atoms with van der Waals surface area (Å²) in [5, 5.41) is 8.83. The molecular formula is C11H17N3O2. The van der Waals surface area contributed by atoms with Crippen molar-refractivity contribution in [2.45, 2.75) is 19.9 Å². The van der Waals surface area contributed by atoms with Gasteiger partial charge in [-0.25, -0.2) is 0 Å². The molecule has 0 spiro atoms. The maximum atomic E-state index is 10.7. The van der Waals surface area contributed by atoms with Gasteiger partial charge in [-0.1, -0.05) is 6.92 Å². The molecule has 0 saturated heterocycles. The van der Waals surface area contributed by atoms with Crippen molar-refractivity contribution in [3.63, 3.8) is 0 Å². The summed E-state index contributed by atoms with van der Waals surface area (Å²) in [6, 6.07) is 0.0653. The van der Waals surface area contributed by atoms with E-state index in [1.54, 1.807) is 25.5 Å². The van der Waals surface area contributed by atoms with Crippen molar-refractivity contribution in [2.75, 3.05) is 13.6 Å². The molecule has 1 N–H and O–H groups in total. The van der Waals surface area contributed by atoms with Gasteiger partial charge < -0.3 is 5.11 Å². The second kappa shape index (κ2) is 5.55. The van der Waals surface area contributed by atoms with Gasteiger partial charge in [0.1, 0.15) is 0 Å². The predicted molar refractivity (Wildman–Crippen MR) is 59.9 cm³/mol. The first kappa shape index (κ1) is 12.6. The first-order chi connectivity index (χ1) is 7.52. The average Bonchev–Trinajstić information content (AvgIpc) is 2.28. The Morgan fingerprint density at radius 1 is 1.50 bits per heavy atom. The second-order valence-corrected chi connectivity index (χ2v) is 3.99. The van der Waals surface area contributed by atoms with Crippen LogP contribution in [-0.2, 0) is 4.79 Å². The van der Waals surface area contributed by atoms with Gasteiger partial charge in [-0.2, -0.15) is 0 Å². The van der Waals surface area contributed by atoms with Crippen LogP contribution in [0.5, 0.6) is 0 Å². The normalized spacial score (nSPS) is 14.8. The number of aliphatic carboxylic acids is 1. The van der Waals surface area contributed by atoms with E-state index in [9.17, 15) is 4.79 Å². The largest absolute Gasteiger partial charge is 0.481 e. The Hall–Kier alpha value is -1.49. The first-order valence-corrected chi connectivity index (χ1v) is 5.21. The van der Waals surface area contributed by atoms with Gasteiger partial charge in [0.05, 0.1) is 17.7 Å². The monoisotopic (exact) mass is 223 g/mol. The minimum absolute atomic E-state index is 0.0653. The molecule has 2 unspecified atom stereocenters. The number of nitrogens with zero attached hydrogens (tertiary/aromatic N) is 3. The molecule has 0 radical (unpaired) electrons. The molecule has 5 heteroatoms. The van der Waals surface area contributed by atoms with E-state index in [-0.39, 0.29) is 12.0 Å². The molecule has 0 fully saturated rings. The zero-order valence-electron chi connectivity index (χ0n) is 9.79. The summed E-state index contributed by atoms with van der Waals surface area (Å²) in [5.74, 6) is -1.16. The number of carboxylic acids is 1. The molecule has 1 rings (SSSR count). The summed E-state index contributed by atoms with van der Waals surface area (Å²) in [7, 11) is 1.89. The van der Waals surface area contributed by atoms with Gasteiger partial charge in [0.2, 0.25) is 0 Å². The van der Waals surface area contributed by atoms with Crippen molar-refractivity contribution in [1.29, 1.82) is 0 Å². The summed E-state index contributed by atoms with van der Waals surface area (Å²) in [5.41, 5.74) is 0.850. The van der Waals surface area contributed by atoms with Crippen LogP contribution >= 0.6 is 0 Å². The number of rotatable bonds is 5. The molecule has 1 aromatic heterocycles. The maximum absolute atomic E-state index is 10.7. The quantitative estimate of drug-likeness (QED) is 0.812. The third-order valence-electron chi connectivity index (χ3n) is 2.66. The second-order valence-electron chi connectivity index (χ2n) is 3.99. The molecule has 0 aliphatic carbocycles. The Morgan fingerprint density at radius 2 is 2.19 bits per heavy atom. The highest BCUT2D eigenvalue weighted by Gasteiger charge is 2.18. The maximum Gasteiger partial charge on any atom is 0.307 e. The lowest BCUT2D eigenvalue weighted by molar-refractivity contribution is -0.141. The van der Waals surface area contributed by atoms with E-state index in [2.05, 4.69) is 9.97 Å². The highest BCUT2D eigenvalue weighted by Crippen LogP contribution is 2.16. The molecule has 1 aromatic rings.